The Hall–Kier alpha value is -2.95. The predicted octanol–water partition coefficient (Wildman–Crippen LogP) is 3.35. The Labute approximate surface area is 243 Å². The van der Waals surface area contributed by atoms with E-state index in [0.717, 1.165) is 30.0 Å². The molecule has 0 atom stereocenters. The van der Waals surface area contributed by atoms with Gasteiger partial charge in [0.15, 0.2) is 7.26 Å². The number of nitrogens with zero attached hydrogens (tertiary/aromatic N) is 2. The van der Waals surface area contributed by atoms with E-state index in [-0.39, 0.29) is 24.0 Å². The van der Waals surface area contributed by atoms with E-state index in [4.69, 9.17) is 9.40 Å². The Morgan fingerprint density at radius 2 is 0.974 bits per heavy atom. The topological polar surface area (TPSA) is 29.3 Å². The fourth-order valence-corrected chi connectivity index (χ4v) is 9.68. The molecule has 0 amide bonds. The molecule has 0 aliphatic carbocycles. The maximum absolute atomic E-state index is 6.81. The second-order valence-electron chi connectivity index (χ2n) is 9.59. The van der Waals surface area contributed by atoms with Crippen LogP contribution in [0.4, 0.5) is 5.88 Å². The summed E-state index contributed by atoms with van der Waals surface area (Å²) in [6, 6.07) is 43.2. The quantitative estimate of drug-likeness (QED) is 0.213. The first kappa shape index (κ1) is 26.6. The van der Waals surface area contributed by atoms with Crippen LogP contribution >= 0.6 is 7.26 Å². The summed E-state index contributed by atoms with van der Waals surface area (Å²) >= 11 is 0. The molecule has 2 heterocycles. The maximum Gasteiger partial charge on any atom is 0.262 e. The molecule has 4 aromatic carbocycles. The standard InChI is InChI=1S/C33H32N2OP.HI/c1-2-16-26-35(25-15-1)33-32(34-31(36-33)27-17-7-3-8-18-27)37(28-19-9-4-10-20-28,29-21-11-5-12-22-29)30-23-13-6-14-24-30;/h3-14,17-24H,1-2,15-16,25-26H2;1H/q+1;/p-1. The normalized spacial score (nSPS) is 13.9. The smallest absolute Gasteiger partial charge is 0.262 e. The van der Waals surface area contributed by atoms with E-state index < -0.39 is 7.26 Å². The predicted molar refractivity (Wildman–Crippen MR) is 157 cm³/mol. The Balaban J connectivity index is 0.00000294. The van der Waals surface area contributed by atoms with Gasteiger partial charge in [-0.2, -0.15) is 4.98 Å². The van der Waals surface area contributed by atoms with Crippen LogP contribution in [0, 0.1) is 0 Å². The van der Waals surface area contributed by atoms with Crippen LogP contribution in [0.5, 0.6) is 0 Å². The summed E-state index contributed by atoms with van der Waals surface area (Å²) in [4.78, 5) is 7.89. The second kappa shape index (κ2) is 12.3. The van der Waals surface area contributed by atoms with Gasteiger partial charge in [-0.3, -0.25) is 0 Å². The zero-order valence-electron chi connectivity index (χ0n) is 21.4. The molecule has 1 aliphatic heterocycles. The lowest BCUT2D eigenvalue weighted by Gasteiger charge is -2.28. The Morgan fingerprint density at radius 3 is 1.42 bits per heavy atom. The van der Waals surface area contributed by atoms with Crippen molar-refractivity contribution in [3.05, 3.63) is 121 Å². The number of rotatable bonds is 6. The molecule has 192 valence electrons. The largest absolute Gasteiger partial charge is 1.00 e. The van der Waals surface area contributed by atoms with Gasteiger partial charge in [0.05, 0.1) is 0 Å². The van der Waals surface area contributed by atoms with Gasteiger partial charge in [0.1, 0.15) is 15.9 Å². The van der Waals surface area contributed by atoms with Crippen LogP contribution in [0.15, 0.2) is 126 Å². The van der Waals surface area contributed by atoms with Gasteiger partial charge < -0.3 is 33.3 Å². The van der Waals surface area contributed by atoms with Gasteiger partial charge in [0, 0.05) is 18.7 Å². The van der Waals surface area contributed by atoms with E-state index in [0.29, 0.717) is 5.89 Å². The van der Waals surface area contributed by atoms with Crippen molar-refractivity contribution < 1.29 is 28.4 Å². The first-order valence-electron chi connectivity index (χ1n) is 13.2. The van der Waals surface area contributed by atoms with Crippen LogP contribution in [0.3, 0.4) is 0 Å². The zero-order valence-corrected chi connectivity index (χ0v) is 24.5. The van der Waals surface area contributed by atoms with Crippen molar-refractivity contribution in [3.63, 3.8) is 0 Å². The highest BCUT2D eigenvalue weighted by atomic mass is 127. The summed E-state index contributed by atoms with van der Waals surface area (Å²) in [5.74, 6) is 1.63. The number of halogens is 1. The molecular weight excluding hydrogens is 598 g/mol. The number of benzene rings is 4. The lowest BCUT2D eigenvalue weighted by atomic mass is 10.2. The van der Waals surface area contributed by atoms with Gasteiger partial charge >= 0.3 is 0 Å². The van der Waals surface area contributed by atoms with Crippen molar-refractivity contribution in [1.82, 2.24) is 4.98 Å². The Morgan fingerprint density at radius 1 is 0.553 bits per heavy atom. The van der Waals surface area contributed by atoms with E-state index in [2.05, 4.69) is 120 Å². The minimum absolute atomic E-state index is 0. The lowest BCUT2D eigenvalue weighted by molar-refractivity contribution is -0.00000773. The fourth-order valence-electron chi connectivity index (χ4n) is 5.48. The van der Waals surface area contributed by atoms with Gasteiger partial charge in [-0.15, -0.1) is 0 Å². The number of oxazole rings is 1. The minimum atomic E-state index is -2.37. The Bertz CT molecular complexity index is 1320. The highest BCUT2D eigenvalue weighted by Gasteiger charge is 2.53. The molecule has 0 saturated carbocycles. The van der Waals surface area contributed by atoms with E-state index in [1.807, 2.05) is 6.07 Å². The van der Waals surface area contributed by atoms with Crippen LogP contribution < -0.4 is 50.2 Å². The SMILES string of the molecule is [I-].c1ccc(-c2nc([P+](c3ccccc3)(c3ccccc3)c3ccccc3)c(N3CCCCCC3)o2)cc1. The molecule has 1 fully saturated rings. The molecule has 0 spiro atoms. The highest BCUT2D eigenvalue weighted by molar-refractivity contribution is 8.01. The average molecular weight is 631 g/mol. The molecule has 1 aromatic heterocycles. The molecule has 1 aliphatic rings. The van der Waals surface area contributed by atoms with Crippen molar-refractivity contribution in [2.45, 2.75) is 25.7 Å². The first-order valence-corrected chi connectivity index (χ1v) is 15.0. The fraction of sp³-hybridized carbons (Fsp3) is 0.182. The molecule has 5 heteroatoms. The van der Waals surface area contributed by atoms with E-state index in [9.17, 15) is 0 Å². The molecule has 0 N–H and O–H groups in total. The van der Waals surface area contributed by atoms with Gasteiger partial charge in [-0.25, -0.2) is 0 Å². The summed E-state index contributed by atoms with van der Waals surface area (Å²) in [6.07, 6.45) is 4.88. The summed E-state index contributed by atoms with van der Waals surface area (Å²) in [5, 5.41) is 3.86. The molecule has 0 radical (unpaired) electrons. The molecule has 1 saturated heterocycles. The van der Waals surface area contributed by atoms with Gasteiger partial charge in [-0.05, 0) is 61.4 Å². The zero-order chi connectivity index (χ0) is 24.9. The first-order chi connectivity index (χ1) is 18.4. The van der Waals surface area contributed by atoms with Crippen molar-refractivity contribution >= 4 is 34.5 Å². The second-order valence-corrected chi connectivity index (χ2v) is 12.9. The van der Waals surface area contributed by atoms with Crippen LogP contribution in [-0.2, 0) is 0 Å². The minimum Gasteiger partial charge on any atom is -1.00 e. The number of anilines is 1. The van der Waals surface area contributed by atoms with E-state index in [1.54, 1.807) is 0 Å². The summed E-state index contributed by atoms with van der Waals surface area (Å²) in [5.41, 5.74) is 2.08. The van der Waals surface area contributed by atoms with E-state index in [1.165, 1.54) is 41.6 Å². The van der Waals surface area contributed by atoms with Crippen LogP contribution in [0.1, 0.15) is 25.7 Å². The number of hydrogen-bond acceptors (Lipinski definition) is 3. The van der Waals surface area contributed by atoms with Crippen molar-refractivity contribution in [3.8, 4) is 11.5 Å². The third-order valence-electron chi connectivity index (χ3n) is 7.25. The third-order valence-corrected chi connectivity index (χ3v) is 11.4. The van der Waals surface area contributed by atoms with Crippen molar-refractivity contribution in [1.29, 1.82) is 0 Å². The molecular formula is C33H32IN2OP. The van der Waals surface area contributed by atoms with Gasteiger partial charge in [0.25, 0.3) is 11.3 Å². The Kier molecular flexibility index (Phi) is 8.61. The van der Waals surface area contributed by atoms with Gasteiger partial charge in [0.2, 0.25) is 5.89 Å². The molecule has 0 bridgehead atoms. The molecule has 6 rings (SSSR count). The maximum atomic E-state index is 6.81. The van der Waals surface area contributed by atoms with Crippen LogP contribution in [0.25, 0.3) is 11.5 Å². The molecule has 0 unspecified atom stereocenters. The van der Waals surface area contributed by atoms with Crippen molar-refractivity contribution in [2.24, 2.45) is 0 Å². The lowest BCUT2D eigenvalue weighted by Crippen LogP contribution is -3.00. The number of aromatic nitrogens is 1. The van der Waals surface area contributed by atoms with Gasteiger partial charge in [-0.1, -0.05) is 85.6 Å². The average Bonchev–Trinajstić information content (AvgIpc) is 3.24. The summed E-state index contributed by atoms with van der Waals surface area (Å²) in [7, 11) is -2.37. The van der Waals surface area contributed by atoms with Crippen LogP contribution in [-0.4, -0.2) is 18.1 Å². The summed E-state index contributed by atoms with van der Waals surface area (Å²) in [6.45, 7) is 1.99. The molecule has 5 aromatic rings. The third kappa shape index (κ3) is 5.04. The van der Waals surface area contributed by atoms with Crippen molar-refractivity contribution in [2.75, 3.05) is 18.0 Å². The summed E-state index contributed by atoms with van der Waals surface area (Å²) < 4.78 is 6.81. The molecule has 3 nitrogen and oxygen atoms in total. The number of hydrogen-bond donors (Lipinski definition) is 0. The van der Waals surface area contributed by atoms with Crippen LogP contribution in [0.2, 0.25) is 0 Å². The highest BCUT2D eigenvalue weighted by Crippen LogP contribution is 2.56. The monoisotopic (exact) mass is 630 g/mol. The van der Waals surface area contributed by atoms with E-state index >= 15 is 0 Å². The molecule has 38 heavy (non-hydrogen) atoms.